The summed E-state index contributed by atoms with van der Waals surface area (Å²) in [5.41, 5.74) is -0.827. The molecular formula is C11H14FN3O5S. The van der Waals surface area contributed by atoms with Crippen LogP contribution in [0.2, 0.25) is 0 Å². The Morgan fingerprint density at radius 1 is 1.43 bits per heavy atom. The number of amides is 1. The molecule has 0 saturated heterocycles. The summed E-state index contributed by atoms with van der Waals surface area (Å²) in [6, 6.07) is 1.13. The molecule has 0 aliphatic carbocycles. The highest BCUT2D eigenvalue weighted by molar-refractivity contribution is 7.89. The highest BCUT2D eigenvalue weighted by atomic mass is 32.2. The molecule has 0 heterocycles. The number of hydrogen-bond acceptors (Lipinski definition) is 5. The molecule has 1 aromatic carbocycles. The number of sulfonamides is 1. The maximum absolute atomic E-state index is 13.4. The molecule has 1 aromatic rings. The van der Waals surface area contributed by atoms with Crippen molar-refractivity contribution in [2.45, 2.75) is 17.9 Å². The van der Waals surface area contributed by atoms with Crippen LogP contribution in [0.3, 0.4) is 0 Å². The van der Waals surface area contributed by atoms with Gasteiger partial charge < -0.3 is 4.90 Å². The Hall–Kier alpha value is -2.07. The number of rotatable bonds is 5. The number of benzene rings is 1. The Kier molecular flexibility index (Phi) is 4.97. The van der Waals surface area contributed by atoms with Gasteiger partial charge in [-0.05, 0) is 13.0 Å². The smallest absolute Gasteiger partial charge is 0.304 e. The predicted octanol–water partition coefficient (Wildman–Crippen LogP) is 0.489. The molecule has 1 N–H and O–H groups in total. The van der Waals surface area contributed by atoms with Crippen LogP contribution >= 0.6 is 0 Å². The summed E-state index contributed by atoms with van der Waals surface area (Å²) in [6.07, 6.45) is 0. The van der Waals surface area contributed by atoms with E-state index in [4.69, 9.17) is 0 Å². The van der Waals surface area contributed by atoms with E-state index in [2.05, 4.69) is 4.72 Å². The second-order valence-electron chi connectivity index (χ2n) is 4.45. The fraction of sp³-hybridized carbons (Fsp3) is 0.364. The lowest BCUT2D eigenvalue weighted by molar-refractivity contribution is -0.387. The SMILES string of the molecule is CC(NS(=O)(=O)c1ccc([N+](=O)[O-])c(F)c1)C(=O)N(C)C. The molecule has 0 aromatic heterocycles. The number of likely N-dealkylation sites (N-methyl/N-ethyl adjacent to an activating group) is 1. The number of nitro benzene ring substituents is 1. The van der Waals surface area contributed by atoms with E-state index in [1.807, 2.05) is 0 Å². The first-order chi connectivity index (χ1) is 9.56. The number of carbonyl (C=O) groups is 1. The maximum atomic E-state index is 13.4. The normalized spacial score (nSPS) is 12.8. The molecule has 8 nitrogen and oxygen atoms in total. The summed E-state index contributed by atoms with van der Waals surface area (Å²) in [5.74, 6) is -1.75. The van der Waals surface area contributed by atoms with E-state index in [-0.39, 0.29) is 0 Å². The average molecular weight is 319 g/mol. The van der Waals surface area contributed by atoms with Crippen molar-refractivity contribution in [3.63, 3.8) is 0 Å². The zero-order valence-electron chi connectivity index (χ0n) is 11.5. The van der Waals surface area contributed by atoms with Crippen molar-refractivity contribution in [3.8, 4) is 0 Å². The lowest BCUT2D eigenvalue weighted by Gasteiger charge is -2.18. The number of nitrogens with zero attached hydrogens (tertiary/aromatic N) is 2. The number of hydrogen-bond donors (Lipinski definition) is 1. The van der Waals surface area contributed by atoms with Gasteiger partial charge in [-0.1, -0.05) is 0 Å². The van der Waals surface area contributed by atoms with Gasteiger partial charge in [0.2, 0.25) is 21.7 Å². The first-order valence-electron chi connectivity index (χ1n) is 5.73. The lowest BCUT2D eigenvalue weighted by atomic mass is 10.3. The fourth-order valence-corrected chi connectivity index (χ4v) is 2.75. The van der Waals surface area contributed by atoms with Gasteiger partial charge >= 0.3 is 5.69 Å². The number of nitro groups is 1. The maximum Gasteiger partial charge on any atom is 0.304 e. The van der Waals surface area contributed by atoms with Crippen molar-refractivity contribution in [3.05, 3.63) is 34.1 Å². The van der Waals surface area contributed by atoms with Gasteiger partial charge in [0.05, 0.1) is 15.9 Å². The van der Waals surface area contributed by atoms with Crippen molar-refractivity contribution in [2.75, 3.05) is 14.1 Å². The largest absolute Gasteiger partial charge is 0.347 e. The van der Waals surface area contributed by atoms with Crippen molar-refractivity contribution in [1.82, 2.24) is 9.62 Å². The summed E-state index contributed by atoms with van der Waals surface area (Å²) in [5, 5.41) is 10.5. The molecule has 0 aliphatic heterocycles. The lowest BCUT2D eigenvalue weighted by Crippen LogP contribution is -2.44. The Labute approximate surface area is 120 Å². The van der Waals surface area contributed by atoms with E-state index in [0.29, 0.717) is 6.07 Å². The van der Waals surface area contributed by atoms with Crippen LogP contribution < -0.4 is 4.72 Å². The monoisotopic (exact) mass is 319 g/mol. The van der Waals surface area contributed by atoms with Crippen LogP contribution in [0, 0.1) is 15.9 Å². The van der Waals surface area contributed by atoms with Crippen molar-refractivity contribution < 1.29 is 22.5 Å². The molecular weight excluding hydrogens is 305 g/mol. The Balaban J connectivity index is 3.07. The first kappa shape index (κ1) is 17.0. The van der Waals surface area contributed by atoms with Crippen LogP contribution in [0.15, 0.2) is 23.1 Å². The molecule has 1 unspecified atom stereocenters. The molecule has 0 aliphatic rings. The molecule has 10 heteroatoms. The fourth-order valence-electron chi connectivity index (χ4n) is 1.54. The Bertz CT molecular complexity index is 674. The van der Waals surface area contributed by atoms with Gasteiger partial charge in [0.25, 0.3) is 0 Å². The third-order valence-electron chi connectivity index (χ3n) is 2.57. The van der Waals surface area contributed by atoms with Crippen LogP contribution in [0.25, 0.3) is 0 Å². The van der Waals surface area contributed by atoms with Gasteiger partial charge in [0, 0.05) is 26.2 Å². The van der Waals surface area contributed by atoms with Crippen LogP contribution in [0.4, 0.5) is 10.1 Å². The number of nitrogens with one attached hydrogen (secondary N) is 1. The van der Waals surface area contributed by atoms with Gasteiger partial charge in [-0.3, -0.25) is 14.9 Å². The minimum Gasteiger partial charge on any atom is -0.347 e. The van der Waals surface area contributed by atoms with E-state index in [0.717, 1.165) is 12.1 Å². The average Bonchev–Trinajstić information content (AvgIpc) is 2.36. The molecule has 0 saturated carbocycles. The summed E-state index contributed by atoms with van der Waals surface area (Å²) in [7, 11) is -1.25. The molecule has 1 amide bonds. The van der Waals surface area contributed by atoms with E-state index < -0.39 is 43.3 Å². The van der Waals surface area contributed by atoms with Crippen molar-refractivity contribution >= 4 is 21.6 Å². The summed E-state index contributed by atoms with van der Waals surface area (Å²) >= 11 is 0. The van der Waals surface area contributed by atoms with Crippen LogP contribution in [0.1, 0.15) is 6.92 Å². The summed E-state index contributed by atoms with van der Waals surface area (Å²) < 4.78 is 39.5. The number of halogens is 1. The van der Waals surface area contributed by atoms with Gasteiger partial charge in [0.15, 0.2) is 0 Å². The van der Waals surface area contributed by atoms with Gasteiger partial charge in [-0.2, -0.15) is 9.11 Å². The zero-order valence-corrected chi connectivity index (χ0v) is 12.3. The van der Waals surface area contributed by atoms with Crippen molar-refractivity contribution in [2.24, 2.45) is 0 Å². The molecule has 0 bridgehead atoms. The topological polar surface area (TPSA) is 110 Å². The van der Waals surface area contributed by atoms with Crippen LogP contribution in [-0.2, 0) is 14.8 Å². The number of carbonyl (C=O) groups excluding carboxylic acids is 1. The van der Waals surface area contributed by atoms with Crippen molar-refractivity contribution in [1.29, 1.82) is 0 Å². The minimum absolute atomic E-state index is 0.485. The molecule has 116 valence electrons. The molecule has 0 radical (unpaired) electrons. The Morgan fingerprint density at radius 2 is 2.00 bits per heavy atom. The first-order valence-corrected chi connectivity index (χ1v) is 7.22. The zero-order chi connectivity index (χ0) is 16.4. The highest BCUT2D eigenvalue weighted by Gasteiger charge is 2.25. The minimum atomic E-state index is -4.16. The predicted molar refractivity (Wildman–Crippen MR) is 71.5 cm³/mol. The molecule has 1 rings (SSSR count). The third kappa shape index (κ3) is 3.95. The quantitative estimate of drug-likeness (QED) is 0.627. The molecule has 0 spiro atoms. The second kappa shape index (κ2) is 6.14. The second-order valence-corrected chi connectivity index (χ2v) is 6.16. The van der Waals surface area contributed by atoms with E-state index >= 15 is 0 Å². The van der Waals surface area contributed by atoms with Gasteiger partial charge in [-0.15, -0.1) is 0 Å². The molecule has 21 heavy (non-hydrogen) atoms. The van der Waals surface area contributed by atoms with E-state index in [1.165, 1.54) is 25.9 Å². The summed E-state index contributed by atoms with van der Waals surface area (Å²) in [6.45, 7) is 1.33. The van der Waals surface area contributed by atoms with Crippen LogP contribution in [-0.4, -0.2) is 44.3 Å². The summed E-state index contributed by atoms with van der Waals surface area (Å²) in [4.78, 5) is 21.8. The standard InChI is InChI=1S/C11H14FN3O5S/c1-7(11(16)14(2)3)13-21(19,20)8-4-5-10(15(17)18)9(12)6-8/h4-7,13H,1-3H3. The molecule has 1 atom stereocenters. The van der Waals surface area contributed by atoms with Gasteiger partial charge in [-0.25, -0.2) is 8.42 Å². The van der Waals surface area contributed by atoms with E-state index in [1.54, 1.807) is 0 Å². The highest BCUT2D eigenvalue weighted by Crippen LogP contribution is 2.20. The van der Waals surface area contributed by atoms with Gasteiger partial charge in [0.1, 0.15) is 0 Å². The van der Waals surface area contributed by atoms with E-state index in [9.17, 15) is 27.7 Å². The molecule has 0 fully saturated rings. The third-order valence-corrected chi connectivity index (χ3v) is 4.11. The van der Waals surface area contributed by atoms with Crippen LogP contribution in [0.5, 0.6) is 0 Å². The Morgan fingerprint density at radius 3 is 2.43 bits per heavy atom.